The highest BCUT2D eigenvalue weighted by atomic mass is 16.5. The molecular formula is C20H21N3O3. The molecule has 1 N–H and O–H groups in total. The van der Waals surface area contributed by atoms with Gasteiger partial charge in [-0.25, -0.2) is 0 Å². The third-order valence-electron chi connectivity index (χ3n) is 4.99. The Morgan fingerprint density at radius 3 is 3.00 bits per heavy atom. The van der Waals surface area contributed by atoms with Crippen LogP contribution in [0.15, 0.2) is 42.7 Å². The lowest BCUT2D eigenvalue weighted by molar-refractivity contribution is 0.0548. The van der Waals surface area contributed by atoms with E-state index in [1.807, 2.05) is 4.90 Å². The predicted molar refractivity (Wildman–Crippen MR) is 97.4 cm³/mol. The van der Waals surface area contributed by atoms with Gasteiger partial charge in [-0.1, -0.05) is 0 Å². The third kappa shape index (κ3) is 3.27. The minimum Gasteiger partial charge on any atom is -0.493 e. The number of nitrogens with one attached hydrogen (secondary N) is 1. The lowest BCUT2D eigenvalue weighted by atomic mass is 9.97. The van der Waals surface area contributed by atoms with Crippen LogP contribution in [-0.2, 0) is 0 Å². The Bertz CT molecular complexity index is 822. The van der Waals surface area contributed by atoms with Crippen molar-refractivity contribution in [3.05, 3.63) is 53.9 Å². The van der Waals surface area contributed by atoms with Crippen molar-refractivity contribution in [1.82, 2.24) is 9.88 Å². The number of carbonyl (C=O) groups is 2. The Morgan fingerprint density at radius 2 is 2.15 bits per heavy atom. The van der Waals surface area contributed by atoms with Crippen molar-refractivity contribution in [3.63, 3.8) is 0 Å². The highest BCUT2D eigenvalue weighted by molar-refractivity contribution is 6.05. The van der Waals surface area contributed by atoms with E-state index in [2.05, 4.69) is 10.3 Å². The van der Waals surface area contributed by atoms with E-state index in [0.717, 1.165) is 32.2 Å². The summed E-state index contributed by atoms with van der Waals surface area (Å²) in [6, 6.07) is 8.89. The highest BCUT2D eigenvalue weighted by Gasteiger charge is 2.31. The van der Waals surface area contributed by atoms with Gasteiger partial charge in [0.1, 0.15) is 5.75 Å². The maximum Gasteiger partial charge on any atom is 0.257 e. The van der Waals surface area contributed by atoms with Crippen LogP contribution >= 0.6 is 0 Å². The van der Waals surface area contributed by atoms with E-state index in [0.29, 0.717) is 29.2 Å². The Balaban J connectivity index is 1.60. The number of nitrogens with zero attached hydrogens (tertiary/aromatic N) is 2. The molecule has 0 spiro atoms. The lowest BCUT2D eigenvalue weighted by Gasteiger charge is -2.37. The monoisotopic (exact) mass is 351 g/mol. The second-order valence-corrected chi connectivity index (χ2v) is 6.69. The number of aromatic nitrogens is 1. The zero-order valence-corrected chi connectivity index (χ0v) is 14.5. The second kappa shape index (κ2) is 7.15. The van der Waals surface area contributed by atoms with E-state index in [1.165, 1.54) is 6.20 Å². The zero-order chi connectivity index (χ0) is 17.9. The summed E-state index contributed by atoms with van der Waals surface area (Å²) < 4.78 is 5.82. The predicted octanol–water partition coefficient (Wildman–Crippen LogP) is 3.11. The molecule has 2 aromatic rings. The summed E-state index contributed by atoms with van der Waals surface area (Å²) in [7, 11) is 0. The lowest BCUT2D eigenvalue weighted by Crippen LogP contribution is -2.45. The fraction of sp³-hybridized carbons (Fsp3) is 0.350. The van der Waals surface area contributed by atoms with E-state index in [-0.39, 0.29) is 17.9 Å². The molecule has 1 aromatic carbocycles. The standard InChI is InChI=1S/C20H21N3O3/c24-19(14-4-3-9-21-13-14)22-15-6-7-18-17(12-15)20(25)23-10-2-1-5-16(23)8-11-26-18/h3-4,6-7,9,12-13,16H,1-2,5,8,10-11H2,(H,22,24). The van der Waals surface area contributed by atoms with E-state index < -0.39 is 0 Å². The molecule has 1 unspecified atom stereocenters. The Morgan fingerprint density at radius 1 is 1.23 bits per heavy atom. The molecule has 1 fully saturated rings. The molecule has 6 nitrogen and oxygen atoms in total. The van der Waals surface area contributed by atoms with E-state index >= 15 is 0 Å². The van der Waals surface area contributed by atoms with Gasteiger partial charge in [-0.2, -0.15) is 0 Å². The van der Waals surface area contributed by atoms with Crippen LogP contribution < -0.4 is 10.1 Å². The molecule has 0 radical (unpaired) electrons. The van der Waals surface area contributed by atoms with Crippen LogP contribution in [0.2, 0.25) is 0 Å². The zero-order valence-electron chi connectivity index (χ0n) is 14.5. The van der Waals surface area contributed by atoms with E-state index in [4.69, 9.17) is 4.74 Å². The maximum atomic E-state index is 13.1. The van der Waals surface area contributed by atoms with Gasteiger partial charge in [0.15, 0.2) is 0 Å². The number of rotatable bonds is 2. The summed E-state index contributed by atoms with van der Waals surface area (Å²) >= 11 is 0. The molecule has 6 heteroatoms. The molecule has 3 heterocycles. The molecule has 0 saturated carbocycles. The van der Waals surface area contributed by atoms with Gasteiger partial charge in [-0.05, 0) is 49.6 Å². The average molecular weight is 351 g/mol. The number of anilines is 1. The number of benzene rings is 1. The summed E-state index contributed by atoms with van der Waals surface area (Å²) in [4.78, 5) is 31.3. The number of piperidine rings is 1. The summed E-state index contributed by atoms with van der Waals surface area (Å²) in [6.45, 7) is 1.39. The Hall–Kier alpha value is -2.89. The van der Waals surface area contributed by atoms with Crippen molar-refractivity contribution < 1.29 is 14.3 Å². The van der Waals surface area contributed by atoms with Gasteiger partial charge < -0.3 is 15.0 Å². The number of pyridine rings is 1. The van der Waals surface area contributed by atoms with E-state index in [1.54, 1.807) is 36.5 Å². The summed E-state index contributed by atoms with van der Waals surface area (Å²) in [5.41, 5.74) is 1.56. The molecule has 1 atom stereocenters. The number of ether oxygens (including phenoxy) is 1. The summed E-state index contributed by atoms with van der Waals surface area (Å²) in [5, 5.41) is 2.83. The summed E-state index contributed by atoms with van der Waals surface area (Å²) in [5.74, 6) is 0.313. The molecule has 2 amide bonds. The van der Waals surface area contributed by atoms with Gasteiger partial charge in [0, 0.05) is 37.1 Å². The van der Waals surface area contributed by atoms with Crippen LogP contribution in [0, 0.1) is 0 Å². The first-order valence-electron chi connectivity index (χ1n) is 9.01. The fourth-order valence-corrected chi connectivity index (χ4v) is 3.63. The number of fused-ring (bicyclic) bond motifs is 2. The minimum atomic E-state index is -0.256. The van der Waals surface area contributed by atoms with Crippen LogP contribution in [0.1, 0.15) is 46.4 Å². The highest BCUT2D eigenvalue weighted by Crippen LogP contribution is 2.31. The second-order valence-electron chi connectivity index (χ2n) is 6.69. The van der Waals surface area contributed by atoms with Crippen molar-refractivity contribution in [1.29, 1.82) is 0 Å². The minimum absolute atomic E-state index is 0.0122. The Kier molecular flexibility index (Phi) is 4.56. The van der Waals surface area contributed by atoms with Crippen molar-refractivity contribution in [2.24, 2.45) is 0 Å². The molecule has 2 aliphatic rings. The topological polar surface area (TPSA) is 71.5 Å². The molecule has 26 heavy (non-hydrogen) atoms. The first kappa shape index (κ1) is 16.6. The van der Waals surface area contributed by atoms with Crippen LogP contribution in [0.3, 0.4) is 0 Å². The fourth-order valence-electron chi connectivity index (χ4n) is 3.63. The van der Waals surface area contributed by atoms with Gasteiger partial charge in [0.2, 0.25) is 0 Å². The third-order valence-corrected chi connectivity index (χ3v) is 4.99. The number of amides is 2. The van der Waals surface area contributed by atoms with Crippen molar-refractivity contribution in [3.8, 4) is 5.75 Å². The average Bonchev–Trinajstić information content (AvgIpc) is 2.68. The van der Waals surface area contributed by atoms with Gasteiger partial charge in [0.05, 0.1) is 17.7 Å². The SMILES string of the molecule is O=C(Nc1ccc2c(c1)C(=O)N1CCCCC1CCO2)c1cccnc1. The van der Waals surface area contributed by atoms with E-state index in [9.17, 15) is 9.59 Å². The largest absolute Gasteiger partial charge is 0.493 e. The molecule has 134 valence electrons. The number of carbonyl (C=O) groups excluding carboxylic acids is 2. The van der Waals surface area contributed by atoms with Crippen LogP contribution in [0.5, 0.6) is 5.75 Å². The Labute approximate surface area is 152 Å². The van der Waals surface area contributed by atoms with Crippen molar-refractivity contribution in [2.75, 3.05) is 18.5 Å². The first-order valence-corrected chi connectivity index (χ1v) is 9.01. The number of hydrogen-bond acceptors (Lipinski definition) is 4. The molecule has 2 aliphatic heterocycles. The first-order chi connectivity index (χ1) is 12.7. The maximum absolute atomic E-state index is 13.1. The van der Waals surface area contributed by atoms with Crippen LogP contribution in [-0.4, -0.2) is 40.9 Å². The van der Waals surface area contributed by atoms with Crippen molar-refractivity contribution >= 4 is 17.5 Å². The van der Waals surface area contributed by atoms with Gasteiger partial charge in [0.25, 0.3) is 11.8 Å². The van der Waals surface area contributed by atoms with Crippen LogP contribution in [0.25, 0.3) is 0 Å². The van der Waals surface area contributed by atoms with Gasteiger partial charge in [-0.15, -0.1) is 0 Å². The molecule has 1 aromatic heterocycles. The molecular weight excluding hydrogens is 330 g/mol. The van der Waals surface area contributed by atoms with Crippen molar-refractivity contribution in [2.45, 2.75) is 31.7 Å². The molecule has 4 rings (SSSR count). The van der Waals surface area contributed by atoms with Gasteiger partial charge in [-0.3, -0.25) is 14.6 Å². The quantitative estimate of drug-likeness (QED) is 0.902. The summed E-state index contributed by atoms with van der Waals surface area (Å²) in [6.07, 6.45) is 7.22. The molecule has 0 bridgehead atoms. The number of hydrogen-bond donors (Lipinski definition) is 1. The normalized spacial score (nSPS) is 19.5. The molecule has 0 aliphatic carbocycles. The van der Waals surface area contributed by atoms with Crippen LogP contribution in [0.4, 0.5) is 5.69 Å². The van der Waals surface area contributed by atoms with Gasteiger partial charge >= 0.3 is 0 Å². The smallest absolute Gasteiger partial charge is 0.257 e. The molecule has 1 saturated heterocycles.